The van der Waals surface area contributed by atoms with Crippen LogP contribution in [-0.2, 0) is 6.54 Å². The normalized spacial score (nSPS) is 19.1. The van der Waals surface area contributed by atoms with Crippen molar-refractivity contribution in [2.45, 2.75) is 32.4 Å². The molecule has 0 amide bonds. The van der Waals surface area contributed by atoms with Gasteiger partial charge in [0.05, 0.1) is 6.26 Å². The maximum absolute atomic E-state index is 5.88. The number of likely N-dealkylation sites (tertiary alicyclic amines) is 1. The molecule has 0 spiro atoms. The Morgan fingerprint density at radius 3 is 2.88 bits per heavy atom. The van der Waals surface area contributed by atoms with Gasteiger partial charge in [-0.1, -0.05) is 0 Å². The van der Waals surface area contributed by atoms with Gasteiger partial charge in [0, 0.05) is 24.7 Å². The lowest BCUT2D eigenvalue weighted by atomic mass is 10.2. The van der Waals surface area contributed by atoms with E-state index >= 15 is 0 Å². The highest BCUT2D eigenvalue weighted by molar-refractivity contribution is 6.29. The van der Waals surface area contributed by atoms with E-state index in [0.29, 0.717) is 11.3 Å². The Balaban J connectivity index is 1.71. The van der Waals surface area contributed by atoms with Gasteiger partial charge < -0.3 is 14.6 Å². The molecular formula is C12H19ClN2O. The van der Waals surface area contributed by atoms with E-state index in [9.17, 15) is 0 Å². The van der Waals surface area contributed by atoms with Crippen LogP contribution in [-0.4, -0.2) is 30.6 Å². The smallest absolute Gasteiger partial charge is 0.197 e. The molecule has 0 radical (unpaired) electrons. The van der Waals surface area contributed by atoms with Crippen LogP contribution in [0.3, 0.4) is 0 Å². The van der Waals surface area contributed by atoms with Gasteiger partial charge in [-0.05, 0) is 50.5 Å². The highest BCUT2D eigenvalue weighted by Crippen LogP contribution is 2.16. The van der Waals surface area contributed by atoms with Crippen LogP contribution < -0.4 is 5.32 Å². The molecule has 16 heavy (non-hydrogen) atoms. The number of hydrogen-bond donors (Lipinski definition) is 1. The summed E-state index contributed by atoms with van der Waals surface area (Å²) in [6, 6.07) is 2.40. The van der Waals surface area contributed by atoms with Crippen molar-refractivity contribution in [3.05, 3.63) is 23.1 Å². The highest BCUT2D eigenvalue weighted by atomic mass is 35.5. The van der Waals surface area contributed by atoms with E-state index in [2.05, 4.69) is 17.1 Å². The van der Waals surface area contributed by atoms with E-state index in [1.54, 1.807) is 6.26 Å². The fraction of sp³-hybridized carbons (Fsp3) is 0.667. The molecule has 0 bridgehead atoms. The van der Waals surface area contributed by atoms with Crippen molar-refractivity contribution in [3.8, 4) is 0 Å². The first-order valence-electron chi connectivity index (χ1n) is 5.93. The molecule has 90 valence electrons. The van der Waals surface area contributed by atoms with Crippen LogP contribution in [0.1, 0.15) is 25.3 Å². The highest BCUT2D eigenvalue weighted by Gasteiger charge is 2.14. The van der Waals surface area contributed by atoms with E-state index in [-0.39, 0.29) is 0 Å². The van der Waals surface area contributed by atoms with Crippen molar-refractivity contribution in [2.75, 3.05) is 19.6 Å². The molecule has 1 N–H and O–H groups in total. The molecule has 0 aromatic carbocycles. The summed E-state index contributed by atoms with van der Waals surface area (Å²) in [6.07, 6.45) is 4.32. The van der Waals surface area contributed by atoms with Crippen LogP contribution in [0.4, 0.5) is 0 Å². The average molecular weight is 243 g/mol. The minimum absolute atomic E-state index is 0.490. The number of nitrogens with one attached hydrogen (secondary N) is 1. The summed E-state index contributed by atoms with van der Waals surface area (Å²) < 4.78 is 5.05. The molecular weight excluding hydrogens is 224 g/mol. The van der Waals surface area contributed by atoms with Gasteiger partial charge in [0.2, 0.25) is 0 Å². The van der Waals surface area contributed by atoms with Gasteiger partial charge in [-0.2, -0.15) is 0 Å². The molecule has 1 aromatic heterocycles. The van der Waals surface area contributed by atoms with Gasteiger partial charge in [-0.3, -0.25) is 0 Å². The summed E-state index contributed by atoms with van der Waals surface area (Å²) in [6.45, 7) is 6.61. The fourth-order valence-electron chi connectivity index (χ4n) is 2.15. The quantitative estimate of drug-likeness (QED) is 0.860. The molecule has 1 aliphatic heterocycles. The summed E-state index contributed by atoms with van der Waals surface area (Å²) in [5.74, 6) is 0. The average Bonchev–Trinajstić information content (AvgIpc) is 2.87. The predicted octanol–water partition coefficient (Wildman–Crippen LogP) is 2.51. The summed E-state index contributed by atoms with van der Waals surface area (Å²) >= 11 is 5.88. The van der Waals surface area contributed by atoms with Gasteiger partial charge in [0.15, 0.2) is 5.22 Å². The Morgan fingerprint density at radius 2 is 2.25 bits per heavy atom. The van der Waals surface area contributed by atoms with Crippen LogP contribution in [0.2, 0.25) is 5.22 Å². The van der Waals surface area contributed by atoms with Crippen LogP contribution >= 0.6 is 11.6 Å². The first kappa shape index (κ1) is 12.0. The molecule has 1 saturated heterocycles. The first-order chi connectivity index (χ1) is 7.75. The molecule has 1 aromatic rings. The molecule has 0 aliphatic carbocycles. The summed E-state index contributed by atoms with van der Waals surface area (Å²) in [4.78, 5) is 2.51. The monoisotopic (exact) mass is 242 g/mol. The van der Waals surface area contributed by atoms with E-state index in [4.69, 9.17) is 16.0 Å². The minimum atomic E-state index is 0.490. The fourth-order valence-corrected chi connectivity index (χ4v) is 2.33. The van der Waals surface area contributed by atoms with Crippen LogP contribution in [0, 0.1) is 0 Å². The second-order valence-electron chi connectivity index (χ2n) is 4.51. The van der Waals surface area contributed by atoms with Crippen molar-refractivity contribution < 1.29 is 4.42 Å². The van der Waals surface area contributed by atoms with Crippen LogP contribution in [0.15, 0.2) is 16.7 Å². The molecule has 4 heteroatoms. The summed E-state index contributed by atoms with van der Waals surface area (Å²) in [5, 5.41) is 3.97. The van der Waals surface area contributed by atoms with Gasteiger partial charge in [-0.25, -0.2) is 0 Å². The number of furan rings is 1. The molecule has 1 fully saturated rings. The first-order valence-corrected chi connectivity index (χ1v) is 6.31. The van der Waals surface area contributed by atoms with Crippen molar-refractivity contribution in [3.63, 3.8) is 0 Å². The molecule has 1 atom stereocenters. The minimum Gasteiger partial charge on any atom is -0.453 e. The summed E-state index contributed by atoms with van der Waals surface area (Å²) in [5.41, 5.74) is 1.04. The van der Waals surface area contributed by atoms with Crippen molar-refractivity contribution in [2.24, 2.45) is 0 Å². The predicted molar refractivity (Wildman–Crippen MR) is 65.7 cm³/mol. The number of nitrogens with zero attached hydrogens (tertiary/aromatic N) is 1. The zero-order valence-corrected chi connectivity index (χ0v) is 10.5. The second-order valence-corrected chi connectivity index (χ2v) is 4.85. The third kappa shape index (κ3) is 3.24. The van der Waals surface area contributed by atoms with Crippen LogP contribution in [0.25, 0.3) is 0 Å². The lowest BCUT2D eigenvalue weighted by Gasteiger charge is -2.21. The maximum Gasteiger partial charge on any atom is 0.197 e. The van der Waals surface area contributed by atoms with Crippen LogP contribution in [0.5, 0.6) is 0 Å². The van der Waals surface area contributed by atoms with Crippen molar-refractivity contribution in [1.82, 2.24) is 10.2 Å². The largest absolute Gasteiger partial charge is 0.453 e. The van der Waals surface area contributed by atoms with Gasteiger partial charge >= 0.3 is 0 Å². The Morgan fingerprint density at radius 1 is 1.50 bits per heavy atom. The molecule has 1 unspecified atom stereocenters. The van der Waals surface area contributed by atoms with E-state index < -0.39 is 0 Å². The van der Waals surface area contributed by atoms with E-state index in [1.807, 2.05) is 6.07 Å². The third-order valence-electron chi connectivity index (χ3n) is 3.06. The topological polar surface area (TPSA) is 28.4 Å². The van der Waals surface area contributed by atoms with Gasteiger partial charge in [0.25, 0.3) is 0 Å². The third-order valence-corrected chi connectivity index (χ3v) is 3.40. The Kier molecular flexibility index (Phi) is 4.27. The molecule has 2 rings (SSSR count). The number of hydrogen-bond acceptors (Lipinski definition) is 3. The second kappa shape index (κ2) is 5.71. The van der Waals surface area contributed by atoms with Gasteiger partial charge in [-0.15, -0.1) is 0 Å². The lowest BCUT2D eigenvalue weighted by molar-refractivity contribution is 0.298. The zero-order valence-electron chi connectivity index (χ0n) is 9.71. The van der Waals surface area contributed by atoms with Crippen molar-refractivity contribution >= 4 is 11.6 Å². The zero-order chi connectivity index (χ0) is 11.4. The van der Waals surface area contributed by atoms with E-state index in [0.717, 1.165) is 18.7 Å². The Bertz CT molecular complexity index is 321. The number of rotatable bonds is 5. The Labute approximate surface area is 102 Å². The number of halogens is 1. The Hall–Kier alpha value is -0.510. The molecule has 3 nitrogen and oxygen atoms in total. The standard InChI is InChI=1S/C12H19ClN2O/c1-10(9-15-5-2-3-6-15)14-8-11-4-7-16-12(11)13/h4,7,10,14H,2-3,5-6,8-9H2,1H3. The SMILES string of the molecule is CC(CN1CCCC1)NCc1ccoc1Cl. The molecule has 1 aliphatic rings. The molecule has 2 heterocycles. The van der Waals surface area contributed by atoms with Crippen molar-refractivity contribution in [1.29, 1.82) is 0 Å². The lowest BCUT2D eigenvalue weighted by Crippen LogP contribution is -2.37. The molecule has 0 saturated carbocycles. The van der Waals surface area contributed by atoms with Gasteiger partial charge in [0.1, 0.15) is 0 Å². The maximum atomic E-state index is 5.88. The van der Waals surface area contributed by atoms with E-state index in [1.165, 1.54) is 25.9 Å². The summed E-state index contributed by atoms with van der Waals surface area (Å²) in [7, 11) is 0.